The normalized spacial score (nSPS) is 13.7. The number of fused-ring (bicyclic) bond motifs is 2. The summed E-state index contributed by atoms with van der Waals surface area (Å²) >= 11 is 0. The Labute approximate surface area is 252 Å². The van der Waals surface area contributed by atoms with Gasteiger partial charge in [-0.3, -0.25) is 14.5 Å². The number of carbonyl (C=O) groups excluding carboxylic acids is 3. The maximum absolute atomic E-state index is 12.6. The molecule has 0 aromatic heterocycles. The van der Waals surface area contributed by atoms with Crippen LogP contribution in [0, 0.1) is 0 Å². The fraction of sp³-hybridized carbons (Fsp3) is 0.531. The average Bonchev–Trinajstić information content (AvgIpc) is 3.57. The zero-order valence-corrected chi connectivity index (χ0v) is 25.9. The molecule has 0 radical (unpaired) electrons. The highest BCUT2D eigenvalue weighted by Gasteiger charge is 2.29. The minimum Gasteiger partial charge on any atom is -0.493 e. The van der Waals surface area contributed by atoms with Crippen molar-refractivity contribution in [2.75, 3.05) is 34.0 Å². The number of hydrogen-bond donors (Lipinski definition) is 0. The highest BCUT2D eigenvalue weighted by molar-refractivity contribution is 5.82. The molecule has 2 aliphatic heterocycles. The Morgan fingerprint density at radius 3 is 1.63 bits per heavy atom. The van der Waals surface area contributed by atoms with Gasteiger partial charge in [0.2, 0.25) is 5.91 Å². The summed E-state index contributed by atoms with van der Waals surface area (Å²) in [7, 11) is 3.17. The van der Waals surface area contributed by atoms with Gasteiger partial charge in [-0.1, -0.05) is 0 Å². The van der Waals surface area contributed by atoms with Gasteiger partial charge >= 0.3 is 12.1 Å². The summed E-state index contributed by atoms with van der Waals surface area (Å²) in [4.78, 5) is 40.2. The van der Waals surface area contributed by atoms with Crippen LogP contribution in [0.1, 0.15) is 69.2 Å². The maximum atomic E-state index is 12.6. The second-order valence-corrected chi connectivity index (χ2v) is 11.5. The molecule has 0 bridgehead atoms. The molecule has 234 valence electrons. The van der Waals surface area contributed by atoms with Gasteiger partial charge in [-0.25, -0.2) is 4.79 Å². The van der Waals surface area contributed by atoms with Gasteiger partial charge in [-0.2, -0.15) is 0 Å². The first-order valence-electron chi connectivity index (χ1n) is 14.6. The van der Waals surface area contributed by atoms with E-state index in [1.807, 2.05) is 45.0 Å². The van der Waals surface area contributed by atoms with Crippen molar-refractivity contribution in [2.45, 2.75) is 78.7 Å². The predicted octanol–water partition coefficient (Wildman–Crippen LogP) is 4.99. The Balaban J connectivity index is 1.28. The Morgan fingerprint density at radius 1 is 0.721 bits per heavy atom. The third kappa shape index (κ3) is 8.24. The molecule has 2 aromatic carbocycles. The Bertz CT molecular complexity index is 1340. The summed E-state index contributed by atoms with van der Waals surface area (Å²) in [6.45, 7) is 10.2. The fourth-order valence-corrected chi connectivity index (χ4v) is 5.01. The van der Waals surface area contributed by atoms with Crippen LogP contribution in [0.25, 0.3) is 0 Å². The van der Waals surface area contributed by atoms with E-state index in [4.69, 9.17) is 28.4 Å². The summed E-state index contributed by atoms with van der Waals surface area (Å²) in [5.74, 6) is 1.94. The van der Waals surface area contributed by atoms with Crippen molar-refractivity contribution in [2.24, 2.45) is 0 Å². The molecule has 43 heavy (non-hydrogen) atoms. The first-order valence-corrected chi connectivity index (χ1v) is 14.6. The van der Waals surface area contributed by atoms with Gasteiger partial charge in [0, 0.05) is 39.0 Å². The highest BCUT2D eigenvalue weighted by Crippen LogP contribution is 2.37. The SMILES string of the molecule is CCOC(=O)CCC(=O)N1Cc2cc(OC)c(OCCCOc3cc4c(cc3OC)CN(C(=O)OC(C)(C)C)C4)cc2C1. The summed E-state index contributed by atoms with van der Waals surface area (Å²) < 4.78 is 33.6. The van der Waals surface area contributed by atoms with Gasteiger partial charge in [0.25, 0.3) is 0 Å². The molecular weight excluding hydrogens is 556 g/mol. The predicted molar refractivity (Wildman–Crippen MR) is 157 cm³/mol. The van der Waals surface area contributed by atoms with Gasteiger partial charge in [0.05, 0.1) is 40.5 Å². The van der Waals surface area contributed by atoms with Gasteiger partial charge in [-0.15, -0.1) is 0 Å². The molecule has 0 saturated heterocycles. The van der Waals surface area contributed by atoms with Crippen molar-refractivity contribution in [1.29, 1.82) is 0 Å². The minimum absolute atomic E-state index is 0.0706. The van der Waals surface area contributed by atoms with Crippen molar-refractivity contribution in [3.63, 3.8) is 0 Å². The van der Waals surface area contributed by atoms with Gasteiger partial charge in [0.15, 0.2) is 23.0 Å². The van der Waals surface area contributed by atoms with Crippen LogP contribution in [-0.4, -0.2) is 67.4 Å². The van der Waals surface area contributed by atoms with E-state index in [9.17, 15) is 14.4 Å². The van der Waals surface area contributed by atoms with Gasteiger partial charge < -0.3 is 33.3 Å². The maximum Gasteiger partial charge on any atom is 0.410 e. The third-order valence-electron chi connectivity index (χ3n) is 7.07. The number of benzene rings is 2. The fourth-order valence-electron chi connectivity index (χ4n) is 5.01. The molecule has 4 rings (SSSR count). The lowest BCUT2D eigenvalue weighted by atomic mass is 10.1. The van der Waals surface area contributed by atoms with Crippen LogP contribution in [0.4, 0.5) is 4.79 Å². The zero-order chi connectivity index (χ0) is 31.1. The Morgan fingerprint density at radius 2 is 1.19 bits per heavy atom. The Kier molecular flexibility index (Phi) is 10.3. The second kappa shape index (κ2) is 13.9. The van der Waals surface area contributed by atoms with Gasteiger partial charge in [0.1, 0.15) is 5.60 Å². The second-order valence-electron chi connectivity index (χ2n) is 11.5. The molecule has 0 aliphatic carbocycles. The molecule has 2 heterocycles. The molecular formula is C32H42N2O9. The standard InChI is InChI=1S/C32H42N2O9/c1-7-40-30(36)10-9-29(35)33-17-21-13-25(38-5)27(15-23(21)18-33)41-11-8-12-42-28-16-24-20-34(31(37)43-32(2,3)4)19-22(24)14-26(28)39-6/h13-16H,7-12,17-20H2,1-6H3. The molecule has 0 spiro atoms. The zero-order valence-electron chi connectivity index (χ0n) is 25.9. The number of esters is 1. The first-order chi connectivity index (χ1) is 20.5. The quantitative estimate of drug-likeness (QED) is 0.246. The van der Waals surface area contributed by atoms with Crippen molar-refractivity contribution >= 4 is 18.0 Å². The van der Waals surface area contributed by atoms with Crippen LogP contribution in [0.3, 0.4) is 0 Å². The summed E-state index contributed by atoms with van der Waals surface area (Å²) in [5, 5.41) is 0. The molecule has 11 heteroatoms. The number of ether oxygens (including phenoxy) is 6. The largest absolute Gasteiger partial charge is 0.493 e. The molecule has 11 nitrogen and oxygen atoms in total. The van der Waals surface area contributed by atoms with E-state index in [1.165, 1.54) is 0 Å². The van der Waals surface area contributed by atoms with Crippen molar-refractivity contribution in [3.05, 3.63) is 46.5 Å². The summed E-state index contributed by atoms with van der Waals surface area (Å²) in [5.41, 5.74) is 3.41. The summed E-state index contributed by atoms with van der Waals surface area (Å²) in [6.07, 6.45) is 0.437. The minimum atomic E-state index is -0.560. The lowest BCUT2D eigenvalue weighted by Crippen LogP contribution is -2.33. The molecule has 2 aromatic rings. The van der Waals surface area contributed by atoms with Crippen LogP contribution in [0.5, 0.6) is 23.0 Å². The summed E-state index contributed by atoms with van der Waals surface area (Å²) in [6, 6.07) is 7.64. The molecule has 0 atom stereocenters. The number of carbonyl (C=O) groups is 3. The van der Waals surface area contributed by atoms with E-state index in [-0.39, 0.29) is 30.8 Å². The van der Waals surface area contributed by atoms with E-state index < -0.39 is 5.60 Å². The number of rotatable bonds is 12. The molecule has 0 fully saturated rings. The molecule has 2 amide bonds. The van der Waals surface area contributed by atoms with Crippen LogP contribution >= 0.6 is 0 Å². The molecule has 0 saturated carbocycles. The van der Waals surface area contributed by atoms with E-state index in [1.54, 1.807) is 30.9 Å². The van der Waals surface area contributed by atoms with Gasteiger partial charge in [-0.05, 0) is 74.2 Å². The van der Waals surface area contributed by atoms with Crippen molar-refractivity contribution < 1.29 is 42.8 Å². The number of nitrogens with zero attached hydrogens (tertiary/aromatic N) is 2. The first kappa shape index (κ1) is 31.8. The van der Waals surface area contributed by atoms with Crippen LogP contribution < -0.4 is 18.9 Å². The van der Waals surface area contributed by atoms with Crippen LogP contribution in [0.15, 0.2) is 24.3 Å². The van der Waals surface area contributed by atoms with E-state index in [0.717, 1.165) is 22.3 Å². The molecule has 0 N–H and O–H groups in total. The van der Waals surface area contributed by atoms with Crippen molar-refractivity contribution in [3.8, 4) is 23.0 Å². The van der Waals surface area contributed by atoms with E-state index in [0.29, 0.717) is 75.4 Å². The number of hydrogen-bond acceptors (Lipinski definition) is 9. The Hall–Kier alpha value is -4.15. The average molecular weight is 599 g/mol. The third-order valence-corrected chi connectivity index (χ3v) is 7.07. The van der Waals surface area contributed by atoms with Crippen LogP contribution in [0.2, 0.25) is 0 Å². The van der Waals surface area contributed by atoms with E-state index >= 15 is 0 Å². The van der Waals surface area contributed by atoms with Crippen LogP contribution in [-0.2, 0) is 45.2 Å². The molecule has 0 unspecified atom stereocenters. The number of methoxy groups -OCH3 is 2. The monoisotopic (exact) mass is 598 g/mol. The molecule has 2 aliphatic rings. The van der Waals surface area contributed by atoms with Crippen molar-refractivity contribution in [1.82, 2.24) is 9.80 Å². The highest BCUT2D eigenvalue weighted by atomic mass is 16.6. The number of amides is 2. The smallest absolute Gasteiger partial charge is 0.410 e. The lowest BCUT2D eigenvalue weighted by Gasteiger charge is -2.24. The topological polar surface area (TPSA) is 113 Å². The lowest BCUT2D eigenvalue weighted by molar-refractivity contribution is -0.145. The van der Waals surface area contributed by atoms with E-state index in [2.05, 4.69) is 0 Å².